The van der Waals surface area contributed by atoms with Crippen LogP contribution in [0.2, 0.25) is 0 Å². The maximum Gasteiger partial charge on any atom is 0.236 e. The van der Waals surface area contributed by atoms with Crippen molar-refractivity contribution in [3.8, 4) is 0 Å². The standard InChI is InChI=1S/C12H19N3O2S/c1-2-15(12-5-8-13-9-6-12)18(16,17)10-11-4-3-7-14-11/h5-6,8-9,11,14H,2-4,7,10H2,1H3. The van der Waals surface area contributed by atoms with E-state index < -0.39 is 10.0 Å². The third kappa shape index (κ3) is 3.00. The van der Waals surface area contributed by atoms with Crippen LogP contribution in [0, 0.1) is 0 Å². The number of anilines is 1. The van der Waals surface area contributed by atoms with Crippen LogP contribution in [0.25, 0.3) is 0 Å². The zero-order valence-electron chi connectivity index (χ0n) is 10.5. The lowest BCUT2D eigenvalue weighted by Gasteiger charge is -2.24. The molecular formula is C12H19N3O2S. The van der Waals surface area contributed by atoms with Crippen molar-refractivity contribution < 1.29 is 8.42 Å². The van der Waals surface area contributed by atoms with Gasteiger partial charge in [-0.1, -0.05) is 0 Å². The molecule has 1 N–H and O–H groups in total. The van der Waals surface area contributed by atoms with Gasteiger partial charge in [0, 0.05) is 25.0 Å². The molecule has 1 aromatic heterocycles. The monoisotopic (exact) mass is 269 g/mol. The molecule has 1 aliphatic heterocycles. The van der Waals surface area contributed by atoms with Crippen molar-refractivity contribution in [2.24, 2.45) is 0 Å². The maximum atomic E-state index is 12.4. The van der Waals surface area contributed by atoms with Gasteiger partial charge in [-0.25, -0.2) is 8.42 Å². The van der Waals surface area contributed by atoms with Crippen LogP contribution in [0.5, 0.6) is 0 Å². The molecular weight excluding hydrogens is 250 g/mol. The number of hydrogen-bond donors (Lipinski definition) is 1. The predicted molar refractivity (Wildman–Crippen MR) is 72.1 cm³/mol. The Hall–Kier alpha value is -1.14. The average Bonchev–Trinajstić information content (AvgIpc) is 2.83. The van der Waals surface area contributed by atoms with Gasteiger partial charge >= 0.3 is 0 Å². The Morgan fingerprint density at radius 3 is 2.72 bits per heavy atom. The lowest BCUT2D eigenvalue weighted by molar-refractivity contribution is 0.573. The summed E-state index contributed by atoms with van der Waals surface area (Å²) in [6.45, 7) is 3.21. The Morgan fingerprint density at radius 1 is 1.44 bits per heavy atom. The fraction of sp³-hybridized carbons (Fsp3) is 0.583. The van der Waals surface area contributed by atoms with Crippen LogP contribution < -0.4 is 9.62 Å². The van der Waals surface area contributed by atoms with E-state index in [-0.39, 0.29) is 11.8 Å². The minimum atomic E-state index is -3.27. The van der Waals surface area contributed by atoms with Crippen molar-refractivity contribution in [3.05, 3.63) is 24.5 Å². The number of sulfonamides is 1. The first-order chi connectivity index (χ1) is 8.63. The Kier molecular flexibility index (Phi) is 4.19. The molecule has 2 rings (SSSR count). The molecule has 0 aliphatic carbocycles. The minimum absolute atomic E-state index is 0.0888. The quantitative estimate of drug-likeness (QED) is 0.866. The van der Waals surface area contributed by atoms with E-state index in [2.05, 4.69) is 10.3 Å². The van der Waals surface area contributed by atoms with Gasteiger partial charge in [-0.05, 0) is 38.4 Å². The second kappa shape index (κ2) is 5.67. The average molecular weight is 269 g/mol. The van der Waals surface area contributed by atoms with Crippen molar-refractivity contribution in [2.45, 2.75) is 25.8 Å². The molecule has 0 aromatic carbocycles. The molecule has 1 aromatic rings. The molecule has 18 heavy (non-hydrogen) atoms. The van der Waals surface area contributed by atoms with Crippen LogP contribution in [0.4, 0.5) is 5.69 Å². The Balaban J connectivity index is 2.15. The number of pyridine rings is 1. The predicted octanol–water partition coefficient (Wildman–Crippen LogP) is 0.990. The molecule has 100 valence electrons. The summed E-state index contributed by atoms with van der Waals surface area (Å²) in [5.41, 5.74) is 0.686. The van der Waals surface area contributed by atoms with E-state index in [4.69, 9.17) is 0 Å². The lowest BCUT2D eigenvalue weighted by atomic mass is 10.3. The first-order valence-corrected chi connectivity index (χ1v) is 7.88. The van der Waals surface area contributed by atoms with E-state index in [1.54, 1.807) is 24.5 Å². The van der Waals surface area contributed by atoms with Crippen LogP contribution in [0.3, 0.4) is 0 Å². The molecule has 0 amide bonds. The van der Waals surface area contributed by atoms with Crippen LogP contribution in [0.1, 0.15) is 19.8 Å². The van der Waals surface area contributed by atoms with Crippen LogP contribution >= 0.6 is 0 Å². The lowest BCUT2D eigenvalue weighted by Crippen LogP contribution is -2.39. The molecule has 0 radical (unpaired) electrons. The molecule has 0 saturated carbocycles. The van der Waals surface area contributed by atoms with Gasteiger partial charge in [0.15, 0.2) is 0 Å². The highest BCUT2D eigenvalue weighted by Crippen LogP contribution is 2.18. The van der Waals surface area contributed by atoms with Gasteiger partial charge in [-0.2, -0.15) is 0 Å². The van der Waals surface area contributed by atoms with Gasteiger partial charge in [0.05, 0.1) is 11.4 Å². The van der Waals surface area contributed by atoms with E-state index in [1.807, 2.05) is 6.92 Å². The Labute approximate surface area is 108 Å². The topological polar surface area (TPSA) is 62.3 Å². The zero-order chi connectivity index (χ0) is 13.0. The SMILES string of the molecule is CCN(c1ccncc1)S(=O)(=O)CC1CCCN1. The normalized spacial score (nSPS) is 19.9. The smallest absolute Gasteiger partial charge is 0.236 e. The molecule has 1 fully saturated rings. The molecule has 1 unspecified atom stereocenters. The van der Waals surface area contributed by atoms with Gasteiger partial charge in [0.2, 0.25) is 10.0 Å². The third-order valence-electron chi connectivity index (χ3n) is 3.15. The highest BCUT2D eigenvalue weighted by atomic mass is 32.2. The van der Waals surface area contributed by atoms with Crippen molar-refractivity contribution in [2.75, 3.05) is 23.1 Å². The number of hydrogen-bond acceptors (Lipinski definition) is 4. The summed E-state index contributed by atoms with van der Waals surface area (Å²) in [4.78, 5) is 3.91. The Bertz CT molecular complexity index is 469. The number of aromatic nitrogens is 1. The highest BCUT2D eigenvalue weighted by molar-refractivity contribution is 7.92. The summed E-state index contributed by atoms with van der Waals surface area (Å²) in [7, 11) is -3.27. The summed E-state index contributed by atoms with van der Waals surface area (Å²) in [5, 5.41) is 3.22. The second-order valence-electron chi connectivity index (χ2n) is 4.44. The Morgan fingerprint density at radius 2 is 2.17 bits per heavy atom. The van der Waals surface area contributed by atoms with E-state index in [1.165, 1.54) is 4.31 Å². The molecule has 2 heterocycles. The largest absolute Gasteiger partial charge is 0.313 e. The number of nitrogens with zero attached hydrogens (tertiary/aromatic N) is 2. The summed E-state index contributed by atoms with van der Waals surface area (Å²) in [6.07, 6.45) is 5.22. The summed E-state index contributed by atoms with van der Waals surface area (Å²) < 4.78 is 26.2. The van der Waals surface area contributed by atoms with Gasteiger partial charge in [-0.3, -0.25) is 9.29 Å². The molecule has 0 spiro atoms. The van der Waals surface area contributed by atoms with Gasteiger partial charge < -0.3 is 5.32 Å². The molecule has 1 atom stereocenters. The van der Waals surface area contributed by atoms with Crippen LogP contribution in [0.15, 0.2) is 24.5 Å². The molecule has 5 nitrogen and oxygen atoms in total. The first-order valence-electron chi connectivity index (χ1n) is 6.27. The summed E-state index contributed by atoms with van der Waals surface area (Å²) >= 11 is 0. The van der Waals surface area contributed by atoms with Gasteiger partial charge in [0.25, 0.3) is 0 Å². The van der Waals surface area contributed by atoms with Gasteiger partial charge in [0.1, 0.15) is 0 Å². The third-order valence-corrected chi connectivity index (χ3v) is 5.11. The van der Waals surface area contributed by atoms with Gasteiger partial charge in [-0.15, -0.1) is 0 Å². The molecule has 6 heteroatoms. The summed E-state index contributed by atoms with van der Waals surface area (Å²) in [6, 6.07) is 3.54. The van der Waals surface area contributed by atoms with E-state index in [9.17, 15) is 8.42 Å². The fourth-order valence-electron chi connectivity index (χ4n) is 2.29. The first kappa shape index (κ1) is 13.3. The van der Waals surface area contributed by atoms with E-state index >= 15 is 0 Å². The van der Waals surface area contributed by atoms with E-state index in [0.717, 1.165) is 19.4 Å². The number of rotatable bonds is 5. The zero-order valence-corrected chi connectivity index (χ0v) is 11.4. The van der Waals surface area contributed by atoms with E-state index in [0.29, 0.717) is 12.2 Å². The molecule has 1 aliphatic rings. The fourth-order valence-corrected chi connectivity index (χ4v) is 4.10. The minimum Gasteiger partial charge on any atom is -0.313 e. The van der Waals surface area contributed by atoms with Crippen LogP contribution in [-0.2, 0) is 10.0 Å². The van der Waals surface area contributed by atoms with Crippen molar-refractivity contribution in [1.82, 2.24) is 10.3 Å². The second-order valence-corrected chi connectivity index (χ2v) is 6.38. The summed E-state index contributed by atoms with van der Waals surface area (Å²) in [5.74, 6) is 0.170. The highest BCUT2D eigenvalue weighted by Gasteiger charge is 2.27. The molecule has 0 bridgehead atoms. The van der Waals surface area contributed by atoms with Crippen molar-refractivity contribution >= 4 is 15.7 Å². The molecule has 1 saturated heterocycles. The number of nitrogens with one attached hydrogen (secondary N) is 1. The maximum absolute atomic E-state index is 12.4. The van der Waals surface area contributed by atoms with Crippen LogP contribution in [-0.4, -0.2) is 38.3 Å². The van der Waals surface area contributed by atoms with Crippen molar-refractivity contribution in [3.63, 3.8) is 0 Å². The van der Waals surface area contributed by atoms with Crippen molar-refractivity contribution in [1.29, 1.82) is 0 Å².